The van der Waals surface area contributed by atoms with Crippen molar-refractivity contribution >= 4 is 23.1 Å². The summed E-state index contributed by atoms with van der Waals surface area (Å²) in [7, 11) is 1.22. The quantitative estimate of drug-likeness (QED) is 0.488. The molecule has 0 bridgehead atoms. The number of nitrogen functional groups attached to an aromatic ring is 1. The number of alkyl halides is 5. The van der Waals surface area contributed by atoms with Gasteiger partial charge in [0.15, 0.2) is 11.5 Å². The van der Waals surface area contributed by atoms with Gasteiger partial charge in [-0.1, -0.05) is 0 Å². The molecule has 4 rings (SSSR count). The zero-order valence-electron chi connectivity index (χ0n) is 19.8. The molecule has 3 aromatic heterocycles. The highest BCUT2D eigenvalue weighted by molar-refractivity contribution is 5.98. The number of carbonyl (C=O) groups is 2. The summed E-state index contributed by atoms with van der Waals surface area (Å²) >= 11 is 0. The highest BCUT2D eigenvalue weighted by atomic mass is 19.4. The van der Waals surface area contributed by atoms with E-state index in [2.05, 4.69) is 20.4 Å². The Morgan fingerprint density at radius 1 is 1.16 bits per heavy atom. The van der Waals surface area contributed by atoms with Gasteiger partial charge in [-0.05, 0) is 26.0 Å². The van der Waals surface area contributed by atoms with E-state index in [1.165, 1.54) is 19.4 Å². The number of ether oxygens (including phenoxy) is 1. The standard InChI is InChI=1S/C22H22F5N7O3/c1-21(2,24)20(36)33-7-13(23)14(8-33)32-18(35)11-4-10(6-29-19(11)37-3)15-5-12(22(25,26)27)16-17(28)30-9-31-34(15)16/h4-6,9,13-14H,7-8H2,1-3H3,(H,32,35)(H2,28,30,31)/t13-,14+/m0/s1. The van der Waals surface area contributed by atoms with Crippen LogP contribution in [-0.2, 0) is 11.0 Å². The number of rotatable bonds is 5. The van der Waals surface area contributed by atoms with Gasteiger partial charge in [-0.3, -0.25) is 9.59 Å². The van der Waals surface area contributed by atoms with Gasteiger partial charge in [0, 0.05) is 18.3 Å². The molecule has 1 saturated heterocycles. The molecular formula is C22H22F5N7O3. The van der Waals surface area contributed by atoms with Gasteiger partial charge in [0.05, 0.1) is 31.0 Å². The van der Waals surface area contributed by atoms with E-state index < -0.39 is 59.3 Å². The summed E-state index contributed by atoms with van der Waals surface area (Å²) < 4.78 is 75.7. The molecule has 2 atom stereocenters. The Balaban J connectivity index is 1.69. The molecule has 0 saturated carbocycles. The van der Waals surface area contributed by atoms with Gasteiger partial charge >= 0.3 is 6.18 Å². The third-order valence-electron chi connectivity index (χ3n) is 5.83. The molecule has 2 amide bonds. The number of amides is 2. The fourth-order valence-electron chi connectivity index (χ4n) is 4.10. The van der Waals surface area contributed by atoms with Gasteiger partial charge in [0.25, 0.3) is 11.8 Å². The number of likely N-dealkylation sites (tertiary alicyclic amines) is 1. The molecule has 37 heavy (non-hydrogen) atoms. The number of pyridine rings is 1. The second-order valence-electron chi connectivity index (χ2n) is 8.91. The van der Waals surface area contributed by atoms with Gasteiger partial charge in [-0.15, -0.1) is 0 Å². The number of nitrogens with two attached hydrogens (primary N) is 1. The highest BCUT2D eigenvalue weighted by Gasteiger charge is 2.42. The Morgan fingerprint density at radius 3 is 2.49 bits per heavy atom. The van der Waals surface area contributed by atoms with Crippen molar-refractivity contribution in [2.75, 3.05) is 25.9 Å². The fraction of sp³-hybridized carbons (Fsp3) is 0.409. The highest BCUT2D eigenvalue weighted by Crippen LogP contribution is 2.39. The van der Waals surface area contributed by atoms with Crippen LogP contribution in [0.2, 0.25) is 0 Å². The largest absolute Gasteiger partial charge is 0.480 e. The van der Waals surface area contributed by atoms with Gasteiger partial charge in [0.2, 0.25) is 5.88 Å². The van der Waals surface area contributed by atoms with Crippen LogP contribution in [0.5, 0.6) is 5.88 Å². The molecule has 3 aromatic rings. The third-order valence-corrected chi connectivity index (χ3v) is 5.83. The monoisotopic (exact) mass is 527 g/mol. The van der Waals surface area contributed by atoms with Crippen LogP contribution in [-0.4, -0.2) is 74.4 Å². The first kappa shape index (κ1) is 26.0. The molecule has 0 aromatic carbocycles. The van der Waals surface area contributed by atoms with Gasteiger partial charge in [-0.2, -0.15) is 18.3 Å². The molecule has 10 nitrogen and oxygen atoms in total. The Bertz CT molecular complexity index is 1370. The van der Waals surface area contributed by atoms with Gasteiger partial charge < -0.3 is 20.7 Å². The topological polar surface area (TPSA) is 128 Å². The molecule has 1 fully saturated rings. The van der Waals surface area contributed by atoms with E-state index >= 15 is 0 Å². The number of aromatic nitrogens is 4. The van der Waals surface area contributed by atoms with Crippen LogP contribution in [0, 0.1) is 0 Å². The summed E-state index contributed by atoms with van der Waals surface area (Å²) in [4.78, 5) is 33.8. The Morgan fingerprint density at radius 2 is 1.86 bits per heavy atom. The minimum Gasteiger partial charge on any atom is -0.480 e. The van der Waals surface area contributed by atoms with Crippen LogP contribution in [0.15, 0.2) is 24.7 Å². The van der Waals surface area contributed by atoms with Crippen molar-refractivity contribution < 1.29 is 36.3 Å². The van der Waals surface area contributed by atoms with Crippen molar-refractivity contribution in [3.05, 3.63) is 35.8 Å². The summed E-state index contributed by atoms with van der Waals surface area (Å²) in [5, 5.41) is 6.28. The molecule has 0 radical (unpaired) electrons. The number of methoxy groups -OCH3 is 1. The average Bonchev–Trinajstić information content (AvgIpc) is 3.39. The lowest BCUT2D eigenvalue weighted by Crippen LogP contribution is -2.44. The number of anilines is 1. The maximum Gasteiger partial charge on any atom is 0.418 e. The summed E-state index contributed by atoms with van der Waals surface area (Å²) in [6, 6.07) is 0.838. The van der Waals surface area contributed by atoms with Gasteiger partial charge in [0.1, 0.15) is 23.6 Å². The van der Waals surface area contributed by atoms with Crippen LogP contribution in [0.25, 0.3) is 16.8 Å². The predicted molar refractivity (Wildman–Crippen MR) is 120 cm³/mol. The lowest BCUT2D eigenvalue weighted by molar-refractivity contribution is -0.141. The summed E-state index contributed by atoms with van der Waals surface area (Å²) in [6.45, 7) is 1.40. The Labute approximate surface area is 206 Å². The molecule has 198 valence electrons. The van der Waals surface area contributed by atoms with Crippen LogP contribution >= 0.6 is 0 Å². The molecule has 0 aliphatic carbocycles. The molecule has 0 unspecified atom stereocenters. The van der Waals surface area contributed by atoms with Crippen molar-refractivity contribution in [3.8, 4) is 17.1 Å². The summed E-state index contributed by atoms with van der Waals surface area (Å²) in [6.07, 6.45) is -4.31. The van der Waals surface area contributed by atoms with Crippen molar-refractivity contribution in [3.63, 3.8) is 0 Å². The van der Waals surface area contributed by atoms with Crippen molar-refractivity contribution in [1.29, 1.82) is 0 Å². The minimum absolute atomic E-state index is 0.0498. The van der Waals surface area contributed by atoms with E-state index in [0.29, 0.717) is 0 Å². The van der Waals surface area contributed by atoms with E-state index in [1.54, 1.807) is 0 Å². The van der Waals surface area contributed by atoms with E-state index in [9.17, 15) is 31.5 Å². The first-order valence-corrected chi connectivity index (χ1v) is 10.9. The van der Waals surface area contributed by atoms with Crippen LogP contribution in [0.4, 0.5) is 27.8 Å². The van der Waals surface area contributed by atoms with Crippen molar-refractivity contribution in [2.45, 2.75) is 37.9 Å². The maximum absolute atomic E-state index is 14.6. The first-order chi connectivity index (χ1) is 17.2. The van der Waals surface area contributed by atoms with Crippen LogP contribution < -0.4 is 15.8 Å². The molecule has 4 heterocycles. The smallest absolute Gasteiger partial charge is 0.418 e. The average molecular weight is 527 g/mol. The van der Waals surface area contributed by atoms with Crippen molar-refractivity contribution in [2.24, 2.45) is 0 Å². The SMILES string of the molecule is COc1ncc(-c2cc(C(F)(F)F)c3c(N)ncnn23)cc1C(=O)N[C@@H]1CN(C(=O)C(C)(C)F)C[C@@H]1F. The van der Waals surface area contributed by atoms with Crippen molar-refractivity contribution in [1.82, 2.24) is 29.8 Å². The normalized spacial score (nSPS) is 18.3. The first-order valence-electron chi connectivity index (χ1n) is 10.9. The lowest BCUT2D eigenvalue weighted by Gasteiger charge is -2.22. The van der Waals surface area contributed by atoms with E-state index in [0.717, 1.165) is 35.7 Å². The van der Waals surface area contributed by atoms with Crippen LogP contribution in [0.1, 0.15) is 29.8 Å². The molecule has 3 N–H and O–H groups in total. The second kappa shape index (κ2) is 9.12. The number of nitrogens with zero attached hydrogens (tertiary/aromatic N) is 5. The Kier molecular flexibility index (Phi) is 6.42. The molecule has 0 spiro atoms. The lowest BCUT2D eigenvalue weighted by atomic mass is 10.1. The predicted octanol–water partition coefficient (Wildman–Crippen LogP) is 2.43. The van der Waals surface area contributed by atoms with E-state index in [1.807, 2.05) is 0 Å². The zero-order valence-corrected chi connectivity index (χ0v) is 19.8. The molecule has 1 aliphatic rings. The van der Waals surface area contributed by atoms with E-state index in [4.69, 9.17) is 10.5 Å². The Hall–Kier alpha value is -4.04. The molecule has 15 heteroatoms. The molecule has 1 aliphatic heterocycles. The zero-order chi connectivity index (χ0) is 27.3. The number of hydrogen-bond acceptors (Lipinski definition) is 7. The van der Waals surface area contributed by atoms with Crippen LogP contribution in [0.3, 0.4) is 0 Å². The third kappa shape index (κ3) is 4.84. The van der Waals surface area contributed by atoms with Gasteiger partial charge in [-0.25, -0.2) is 23.3 Å². The van der Waals surface area contributed by atoms with E-state index in [-0.39, 0.29) is 29.2 Å². The molecular weight excluding hydrogens is 505 g/mol. The summed E-state index contributed by atoms with van der Waals surface area (Å²) in [5.74, 6) is -2.37. The maximum atomic E-state index is 14.6. The number of halogens is 5. The number of fused-ring (bicyclic) bond motifs is 1. The fourth-order valence-corrected chi connectivity index (χ4v) is 4.10. The number of nitrogens with one attached hydrogen (secondary N) is 1. The number of carbonyl (C=O) groups excluding carboxylic acids is 2. The summed E-state index contributed by atoms with van der Waals surface area (Å²) in [5.41, 5.74) is 1.64. The number of hydrogen-bond donors (Lipinski definition) is 2. The second-order valence-corrected chi connectivity index (χ2v) is 8.91. The minimum atomic E-state index is -4.78.